The SMILES string of the molecule is Cc1ccc(F)c(S(=O)(=O)NC(=O)C2(C)CCN2C(=O)CCc2cccs2)c1. The second-order valence-corrected chi connectivity index (χ2v) is 9.70. The molecule has 1 unspecified atom stereocenters. The molecule has 1 atom stereocenters. The van der Waals surface area contributed by atoms with Gasteiger partial charge in [-0.1, -0.05) is 12.1 Å². The summed E-state index contributed by atoms with van der Waals surface area (Å²) in [6.07, 6.45) is 1.15. The van der Waals surface area contributed by atoms with Crippen LogP contribution in [0, 0.1) is 12.7 Å². The van der Waals surface area contributed by atoms with Crippen molar-refractivity contribution in [2.24, 2.45) is 0 Å². The van der Waals surface area contributed by atoms with Gasteiger partial charge in [-0.3, -0.25) is 9.59 Å². The third-order valence-corrected chi connectivity index (χ3v) is 7.26. The van der Waals surface area contributed by atoms with Crippen molar-refractivity contribution in [1.82, 2.24) is 9.62 Å². The summed E-state index contributed by atoms with van der Waals surface area (Å²) in [4.78, 5) is 27.1. The van der Waals surface area contributed by atoms with Gasteiger partial charge in [0, 0.05) is 17.8 Å². The Hall–Kier alpha value is -2.26. The Labute approximate surface area is 167 Å². The van der Waals surface area contributed by atoms with E-state index in [1.165, 1.54) is 17.9 Å². The van der Waals surface area contributed by atoms with Gasteiger partial charge in [0.2, 0.25) is 5.91 Å². The van der Waals surface area contributed by atoms with E-state index in [2.05, 4.69) is 0 Å². The fourth-order valence-electron chi connectivity index (χ4n) is 3.12. The number of nitrogens with one attached hydrogen (secondary N) is 1. The quantitative estimate of drug-likeness (QED) is 0.773. The number of sulfonamides is 1. The van der Waals surface area contributed by atoms with E-state index in [1.54, 1.807) is 18.3 Å². The molecule has 1 aliphatic rings. The molecule has 0 saturated carbocycles. The second-order valence-electron chi connectivity index (χ2n) is 7.02. The van der Waals surface area contributed by atoms with Crippen molar-refractivity contribution in [3.8, 4) is 0 Å². The van der Waals surface area contributed by atoms with Gasteiger partial charge in [-0.15, -0.1) is 11.3 Å². The number of aryl methyl sites for hydroxylation is 2. The number of carbonyl (C=O) groups excluding carboxylic acids is 2. The van der Waals surface area contributed by atoms with Gasteiger partial charge in [-0.05, 0) is 55.8 Å². The molecule has 1 saturated heterocycles. The Bertz CT molecular complexity index is 1000. The second kappa shape index (κ2) is 7.63. The smallest absolute Gasteiger partial charge is 0.267 e. The first-order chi connectivity index (χ1) is 13.1. The Morgan fingerprint density at radius 1 is 1.32 bits per heavy atom. The van der Waals surface area contributed by atoms with E-state index < -0.39 is 32.2 Å². The van der Waals surface area contributed by atoms with Crippen LogP contribution >= 0.6 is 11.3 Å². The summed E-state index contributed by atoms with van der Waals surface area (Å²) in [7, 11) is -4.38. The van der Waals surface area contributed by atoms with Crippen molar-refractivity contribution in [3.63, 3.8) is 0 Å². The zero-order chi connectivity index (χ0) is 20.5. The molecule has 1 fully saturated rings. The Morgan fingerprint density at radius 2 is 2.07 bits per heavy atom. The highest BCUT2D eigenvalue weighted by Crippen LogP contribution is 2.32. The van der Waals surface area contributed by atoms with Crippen molar-refractivity contribution in [2.45, 2.75) is 43.5 Å². The minimum absolute atomic E-state index is 0.212. The van der Waals surface area contributed by atoms with E-state index >= 15 is 0 Å². The monoisotopic (exact) mass is 424 g/mol. The highest BCUT2D eigenvalue weighted by atomic mass is 32.2. The van der Waals surface area contributed by atoms with Crippen LogP contribution in [-0.4, -0.2) is 37.2 Å². The lowest BCUT2D eigenvalue weighted by Gasteiger charge is -2.49. The lowest BCUT2D eigenvalue weighted by molar-refractivity contribution is -0.156. The van der Waals surface area contributed by atoms with E-state index in [9.17, 15) is 22.4 Å². The number of hydrogen-bond acceptors (Lipinski definition) is 5. The van der Waals surface area contributed by atoms with E-state index in [0.29, 0.717) is 24.9 Å². The van der Waals surface area contributed by atoms with Crippen LogP contribution in [0.1, 0.15) is 30.2 Å². The molecule has 0 radical (unpaired) electrons. The molecule has 0 spiro atoms. The van der Waals surface area contributed by atoms with Crippen LogP contribution in [0.5, 0.6) is 0 Å². The number of amides is 2. The van der Waals surface area contributed by atoms with Gasteiger partial charge >= 0.3 is 0 Å². The van der Waals surface area contributed by atoms with E-state index in [1.807, 2.05) is 22.2 Å². The summed E-state index contributed by atoms with van der Waals surface area (Å²) >= 11 is 1.55. The average molecular weight is 425 g/mol. The fraction of sp³-hybridized carbons (Fsp3) is 0.368. The molecule has 1 aromatic carbocycles. The van der Waals surface area contributed by atoms with Crippen LogP contribution in [0.15, 0.2) is 40.6 Å². The largest absolute Gasteiger partial charge is 0.328 e. The molecule has 6 nitrogen and oxygen atoms in total. The zero-order valence-electron chi connectivity index (χ0n) is 15.6. The van der Waals surface area contributed by atoms with Crippen LogP contribution in [0.4, 0.5) is 4.39 Å². The molecule has 3 rings (SSSR count). The van der Waals surface area contributed by atoms with Crippen molar-refractivity contribution in [1.29, 1.82) is 0 Å². The minimum Gasteiger partial charge on any atom is -0.328 e. The highest BCUT2D eigenvalue weighted by molar-refractivity contribution is 7.90. The molecule has 2 aromatic rings. The first-order valence-corrected chi connectivity index (χ1v) is 11.2. The van der Waals surface area contributed by atoms with Crippen molar-refractivity contribution in [3.05, 3.63) is 52.0 Å². The minimum atomic E-state index is -4.38. The molecule has 0 aliphatic carbocycles. The Kier molecular flexibility index (Phi) is 5.58. The number of rotatable bonds is 6. The zero-order valence-corrected chi connectivity index (χ0v) is 17.2. The molecule has 9 heteroatoms. The molecule has 2 heterocycles. The maximum Gasteiger partial charge on any atom is 0.267 e. The van der Waals surface area contributed by atoms with Gasteiger partial charge < -0.3 is 4.90 Å². The molecule has 1 aromatic heterocycles. The Morgan fingerprint density at radius 3 is 2.68 bits per heavy atom. The summed E-state index contributed by atoms with van der Waals surface area (Å²) in [6.45, 7) is 3.53. The van der Waals surface area contributed by atoms with Gasteiger partial charge in [-0.2, -0.15) is 0 Å². The van der Waals surface area contributed by atoms with Gasteiger partial charge in [0.15, 0.2) is 0 Å². The van der Waals surface area contributed by atoms with Crippen LogP contribution < -0.4 is 4.72 Å². The molecular formula is C19H21FN2O4S2. The van der Waals surface area contributed by atoms with E-state index in [-0.39, 0.29) is 12.3 Å². The predicted octanol–water partition coefficient (Wildman–Crippen LogP) is 2.62. The number of carbonyl (C=O) groups is 2. The predicted molar refractivity (Wildman–Crippen MR) is 104 cm³/mol. The number of halogens is 1. The maximum atomic E-state index is 14.0. The van der Waals surface area contributed by atoms with Crippen LogP contribution in [0.25, 0.3) is 0 Å². The average Bonchev–Trinajstić information content (AvgIpc) is 3.13. The molecule has 1 aliphatic heterocycles. The normalized spacial score (nSPS) is 19.2. The topological polar surface area (TPSA) is 83.6 Å². The summed E-state index contributed by atoms with van der Waals surface area (Å²) in [5.74, 6) is -1.98. The fourth-order valence-corrected chi connectivity index (χ4v) is 5.07. The van der Waals surface area contributed by atoms with Crippen LogP contribution in [0.2, 0.25) is 0 Å². The lowest BCUT2D eigenvalue weighted by Crippen LogP contribution is -2.67. The molecule has 28 heavy (non-hydrogen) atoms. The van der Waals surface area contributed by atoms with E-state index in [0.717, 1.165) is 17.0 Å². The first kappa shape index (κ1) is 20.5. The molecule has 1 N–H and O–H groups in total. The number of nitrogens with zero attached hydrogens (tertiary/aromatic N) is 1. The first-order valence-electron chi connectivity index (χ1n) is 8.80. The highest BCUT2D eigenvalue weighted by Gasteiger charge is 2.50. The van der Waals surface area contributed by atoms with Crippen molar-refractivity contribution >= 4 is 33.2 Å². The third-order valence-electron chi connectivity index (χ3n) is 4.98. The number of benzene rings is 1. The van der Waals surface area contributed by atoms with Gasteiger partial charge in [0.1, 0.15) is 16.3 Å². The standard InChI is InChI=1S/C19H21FN2O4S2/c1-13-5-7-15(20)16(12-13)28(25,26)21-18(24)19(2)9-10-22(19)17(23)8-6-14-4-3-11-27-14/h3-5,7,11-12H,6,8-10H2,1-2H3,(H,21,24). The van der Waals surface area contributed by atoms with Gasteiger partial charge in [0.25, 0.3) is 15.9 Å². The molecule has 150 valence electrons. The third kappa shape index (κ3) is 3.95. The summed E-state index contributed by atoms with van der Waals surface area (Å²) in [6, 6.07) is 7.49. The van der Waals surface area contributed by atoms with Gasteiger partial charge in [-0.25, -0.2) is 17.5 Å². The van der Waals surface area contributed by atoms with Gasteiger partial charge in [0.05, 0.1) is 0 Å². The molecule has 2 amide bonds. The van der Waals surface area contributed by atoms with Crippen molar-refractivity contribution < 1.29 is 22.4 Å². The number of hydrogen-bond donors (Lipinski definition) is 1. The van der Waals surface area contributed by atoms with E-state index in [4.69, 9.17) is 0 Å². The summed E-state index contributed by atoms with van der Waals surface area (Å²) < 4.78 is 40.9. The lowest BCUT2D eigenvalue weighted by atomic mass is 9.85. The van der Waals surface area contributed by atoms with Crippen molar-refractivity contribution in [2.75, 3.05) is 6.54 Å². The van der Waals surface area contributed by atoms with Crippen LogP contribution in [-0.2, 0) is 26.0 Å². The summed E-state index contributed by atoms with van der Waals surface area (Å²) in [5, 5.41) is 1.93. The Balaban J connectivity index is 1.70. The number of thiophene rings is 1. The molecule has 0 bridgehead atoms. The summed E-state index contributed by atoms with van der Waals surface area (Å²) in [5.41, 5.74) is -0.714. The maximum absolute atomic E-state index is 14.0. The van der Waals surface area contributed by atoms with Crippen LogP contribution in [0.3, 0.4) is 0 Å². The number of likely N-dealkylation sites (tertiary alicyclic amines) is 1. The molecular weight excluding hydrogens is 403 g/mol.